The van der Waals surface area contributed by atoms with Gasteiger partial charge in [-0.05, 0) is 45.2 Å². The van der Waals surface area contributed by atoms with E-state index < -0.39 is 0 Å². The average molecular weight is 276 g/mol. The van der Waals surface area contributed by atoms with Crippen molar-refractivity contribution in [3.63, 3.8) is 0 Å². The molecule has 110 valence electrons. The first-order valence-corrected chi connectivity index (χ1v) is 7.91. The van der Waals surface area contributed by atoms with Crippen molar-refractivity contribution in [1.82, 2.24) is 14.9 Å². The van der Waals surface area contributed by atoms with Gasteiger partial charge in [0.15, 0.2) is 0 Å². The monoisotopic (exact) mass is 276 g/mol. The molecule has 2 aliphatic heterocycles. The third-order valence-corrected chi connectivity index (χ3v) is 4.39. The SMILES string of the molecule is O=c1nc2c(c(CCN3CCCCC3)[nH]1)CCCCN2. The fraction of sp³-hybridized carbons (Fsp3) is 0.733. The predicted octanol–water partition coefficient (Wildman–Crippen LogP) is 1.55. The Balaban J connectivity index is 1.74. The van der Waals surface area contributed by atoms with Gasteiger partial charge in [0.05, 0.1) is 0 Å². The molecular weight excluding hydrogens is 252 g/mol. The third kappa shape index (κ3) is 3.20. The van der Waals surface area contributed by atoms with Crippen molar-refractivity contribution < 1.29 is 0 Å². The molecule has 1 aromatic heterocycles. The van der Waals surface area contributed by atoms with E-state index in [1.807, 2.05) is 0 Å². The molecular formula is C15H24N4O. The van der Waals surface area contributed by atoms with Gasteiger partial charge in [-0.2, -0.15) is 4.98 Å². The van der Waals surface area contributed by atoms with Gasteiger partial charge in [0, 0.05) is 30.8 Å². The highest BCUT2D eigenvalue weighted by atomic mass is 16.1. The number of rotatable bonds is 3. The zero-order chi connectivity index (χ0) is 13.8. The van der Waals surface area contributed by atoms with Crippen molar-refractivity contribution in [1.29, 1.82) is 0 Å². The quantitative estimate of drug-likeness (QED) is 0.879. The first-order valence-electron chi connectivity index (χ1n) is 7.91. The lowest BCUT2D eigenvalue weighted by molar-refractivity contribution is 0.230. The molecule has 0 amide bonds. The maximum absolute atomic E-state index is 11.7. The van der Waals surface area contributed by atoms with Crippen molar-refractivity contribution in [3.05, 3.63) is 21.7 Å². The molecule has 3 heterocycles. The van der Waals surface area contributed by atoms with Gasteiger partial charge in [-0.15, -0.1) is 0 Å². The van der Waals surface area contributed by atoms with Crippen molar-refractivity contribution in [2.45, 2.75) is 44.9 Å². The Morgan fingerprint density at radius 1 is 1.10 bits per heavy atom. The summed E-state index contributed by atoms with van der Waals surface area (Å²) in [5.41, 5.74) is 2.12. The van der Waals surface area contributed by atoms with E-state index in [1.165, 1.54) is 44.3 Å². The Kier molecular flexibility index (Phi) is 4.35. The second-order valence-electron chi connectivity index (χ2n) is 5.88. The lowest BCUT2D eigenvalue weighted by Gasteiger charge is -2.26. The summed E-state index contributed by atoms with van der Waals surface area (Å²) in [7, 11) is 0. The summed E-state index contributed by atoms with van der Waals surface area (Å²) in [5.74, 6) is 0.819. The number of nitrogens with one attached hydrogen (secondary N) is 2. The molecule has 1 aromatic rings. The molecule has 2 N–H and O–H groups in total. The molecule has 3 rings (SSSR count). The van der Waals surface area contributed by atoms with Crippen LogP contribution in [0.5, 0.6) is 0 Å². The Morgan fingerprint density at radius 3 is 2.80 bits per heavy atom. The summed E-state index contributed by atoms with van der Waals surface area (Å²) in [6.07, 6.45) is 8.27. The van der Waals surface area contributed by atoms with E-state index >= 15 is 0 Å². The molecule has 20 heavy (non-hydrogen) atoms. The normalized spacial score (nSPS) is 20.0. The van der Waals surface area contributed by atoms with Crippen LogP contribution in [0.2, 0.25) is 0 Å². The highest BCUT2D eigenvalue weighted by Crippen LogP contribution is 2.21. The van der Waals surface area contributed by atoms with Crippen LogP contribution in [0.25, 0.3) is 0 Å². The molecule has 0 unspecified atom stereocenters. The van der Waals surface area contributed by atoms with Crippen LogP contribution in [0.3, 0.4) is 0 Å². The van der Waals surface area contributed by atoms with Crippen LogP contribution in [-0.4, -0.2) is 41.0 Å². The molecule has 0 aliphatic carbocycles. The molecule has 1 fully saturated rings. The van der Waals surface area contributed by atoms with Gasteiger partial charge >= 0.3 is 5.69 Å². The minimum Gasteiger partial charge on any atom is -0.370 e. The molecule has 0 bridgehead atoms. The van der Waals surface area contributed by atoms with E-state index in [0.29, 0.717) is 0 Å². The van der Waals surface area contributed by atoms with E-state index in [1.54, 1.807) is 0 Å². The number of aromatic amines is 1. The lowest BCUT2D eigenvalue weighted by Crippen LogP contribution is -2.32. The smallest absolute Gasteiger partial charge is 0.347 e. The number of anilines is 1. The highest BCUT2D eigenvalue weighted by Gasteiger charge is 2.16. The van der Waals surface area contributed by atoms with Gasteiger partial charge < -0.3 is 15.2 Å². The molecule has 0 spiro atoms. The minimum atomic E-state index is -0.216. The maximum Gasteiger partial charge on any atom is 0.347 e. The van der Waals surface area contributed by atoms with Crippen molar-refractivity contribution in [2.75, 3.05) is 31.5 Å². The zero-order valence-corrected chi connectivity index (χ0v) is 12.1. The van der Waals surface area contributed by atoms with Crippen molar-refractivity contribution in [3.8, 4) is 0 Å². The van der Waals surface area contributed by atoms with Gasteiger partial charge in [-0.3, -0.25) is 0 Å². The standard InChI is InChI=1S/C15H24N4O/c20-15-17-13(7-11-19-9-4-1-5-10-19)12-6-2-3-8-16-14(12)18-15/h1-11H2,(H2,16,17,18,20). The van der Waals surface area contributed by atoms with Crippen LogP contribution in [-0.2, 0) is 12.8 Å². The fourth-order valence-electron chi connectivity index (χ4n) is 3.26. The number of aromatic nitrogens is 2. The van der Waals surface area contributed by atoms with Gasteiger partial charge in [0.1, 0.15) is 5.82 Å². The number of likely N-dealkylation sites (tertiary alicyclic amines) is 1. The number of fused-ring (bicyclic) bond motifs is 1. The average Bonchev–Trinajstić information content (AvgIpc) is 2.71. The molecule has 2 aliphatic rings. The number of piperidine rings is 1. The largest absolute Gasteiger partial charge is 0.370 e. The molecule has 0 aromatic carbocycles. The molecule has 5 nitrogen and oxygen atoms in total. The van der Waals surface area contributed by atoms with Crippen LogP contribution in [0.1, 0.15) is 43.4 Å². The van der Waals surface area contributed by atoms with Crippen LogP contribution in [0.4, 0.5) is 5.82 Å². The predicted molar refractivity (Wildman–Crippen MR) is 80.3 cm³/mol. The Bertz CT molecular complexity index is 505. The Hall–Kier alpha value is -1.36. The van der Waals surface area contributed by atoms with E-state index in [-0.39, 0.29) is 5.69 Å². The molecule has 0 radical (unpaired) electrons. The maximum atomic E-state index is 11.7. The third-order valence-electron chi connectivity index (χ3n) is 4.39. The number of nitrogens with zero attached hydrogens (tertiary/aromatic N) is 2. The second-order valence-corrected chi connectivity index (χ2v) is 5.88. The Labute approximate surface area is 119 Å². The summed E-state index contributed by atoms with van der Waals surface area (Å²) in [5, 5.41) is 3.30. The van der Waals surface area contributed by atoms with E-state index in [2.05, 4.69) is 20.2 Å². The molecule has 0 atom stereocenters. The van der Waals surface area contributed by atoms with Crippen molar-refractivity contribution >= 4 is 5.82 Å². The van der Waals surface area contributed by atoms with Crippen LogP contribution in [0, 0.1) is 0 Å². The van der Waals surface area contributed by atoms with Gasteiger partial charge in [-0.25, -0.2) is 4.79 Å². The van der Waals surface area contributed by atoms with E-state index in [0.717, 1.165) is 43.9 Å². The molecule has 5 heteroatoms. The fourth-order valence-corrected chi connectivity index (χ4v) is 3.26. The van der Waals surface area contributed by atoms with Crippen LogP contribution < -0.4 is 11.0 Å². The van der Waals surface area contributed by atoms with Crippen LogP contribution in [0.15, 0.2) is 4.79 Å². The summed E-state index contributed by atoms with van der Waals surface area (Å²) >= 11 is 0. The first-order chi connectivity index (χ1) is 9.83. The zero-order valence-electron chi connectivity index (χ0n) is 12.1. The van der Waals surface area contributed by atoms with E-state index in [9.17, 15) is 4.79 Å². The van der Waals surface area contributed by atoms with Gasteiger partial charge in [-0.1, -0.05) is 6.42 Å². The summed E-state index contributed by atoms with van der Waals surface area (Å²) in [6.45, 7) is 4.38. The summed E-state index contributed by atoms with van der Waals surface area (Å²) < 4.78 is 0. The number of hydrogen-bond donors (Lipinski definition) is 2. The Morgan fingerprint density at radius 2 is 1.95 bits per heavy atom. The summed E-state index contributed by atoms with van der Waals surface area (Å²) in [4.78, 5) is 21.3. The first kappa shape index (κ1) is 13.6. The molecule has 0 saturated carbocycles. The summed E-state index contributed by atoms with van der Waals surface area (Å²) in [6, 6.07) is 0. The number of hydrogen-bond acceptors (Lipinski definition) is 4. The molecule has 1 saturated heterocycles. The number of H-pyrrole nitrogens is 1. The van der Waals surface area contributed by atoms with E-state index in [4.69, 9.17) is 0 Å². The van der Waals surface area contributed by atoms with Gasteiger partial charge in [0.25, 0.3) is 0 Å². The topological polar surface area (TPSA) is 61.0 Å². The highest BCUT2D eigenvalue weighted by molar-refractivity contribution is 5.46. The second kappa shape index (κ2) is 6.39. The van der Waals surface area contributed by atoms with Crippen LogP contribution >= 0.6 is 0 Å². The lowest BCUT2D eigenvalue weighted by atomic mass is 10.1. The van der Waals surface area contributed by atoms with Gasteiger partial charge in [0.2, 0.25) is 0 Å². The minimum absolute atomic E-state index is 0.216. The van der Waals surface area contributed by atoms with Crippen molar-refractivity contribution in [2.24, 2.45) is 0 Å².